The van der Waals surface area contributed by atoms with Gasteiger partial charge in [0.2, 0.25) is 0 Å². The Morgan fingerprint density at radius 3 is 2.24 bits per heavy atom. The quantitative estimate of drug-likeness (QED) is 0.903. The number of rotatable bonds is 3. The van der Waals surface area contributed by atoms with Crippen LogP contribution in [0.25, 0.3) is 0 Å². The summed E-state index contributed by atoms with van der Waals surface area (Å²) in [7, 11) is 3.10. The monoisotopic (exact) mass is 285 g/mol. The molecule has 5 nitrogen and oxygen atoms in total. The van der Waals surface area contributed by atoms with Crippen molar-refractivity contribution in [1.29, 1.82) is 0 Å². The molecular weight excluding hydrogens is 270 g/mol. The van der Waals surface area contributed by atoms with Crippen LogP contribution in [0.4, 0.5) is 5.69 Å². The predicted molar refractivity (Wildman–Crippen MR) is 77.6 cm³/mol. The molecule has 1 aliphatic rings. The third-order valence-electron chi connectivity index (χ3n) is 3.70. The van der Waals surface area contributed by atoms with E-state index in [1.807, 2.05) is 0 Å². The molecule has 0 saturated carbocycles. The van der Waals surface area contributed by atoms with Crippen LogP contribution in [0.3, 0.4) is 0 Å². The zero-order valence-corrected chi connectivity index (χ0v) is 11.7. The maximum Gasteiger partial charge on any atom is 0.265 e. The third kappa shape index (κ3) is 1.94. The van der Waals surface area contributed by atoms with E-state index in [0.29, 0.717) is 28.3 Å². The van der Waals surface area contributed by atoms with E-state index in [1.165, 1.54) is 0 Å². The normalized spacial score (nSPS) is 19.9. The van der Waals surface area contributed by atoms with E-state index in [4.69, 9.17) is 9.47 Å². The molecule has 0 spiro atoms. The topological polar surface area (TPSA) is 67.8 Å². The number of hydrogen-bond acceptors (Lipinski definition) is 4. The Morgan fingerprint density at radius 2 is 1.62 bits per heavy atom. The molecule has 0 fully saturated rings. The summed E-state index contributed by atoms with van der Waals surface area (Å²) in [6.45, 7) is 0. The molecule has 3 rings (SSSR count). The number of ether oxygens (including phenoxy) is 2. The summed E-state index contributed by atoms with van der Waals surface area (Å²) < 4.78 is 10.3. The van der Waals surface area contributed by atoms with Crippen LogP contribution in [0.2, 0.25) is 0 Å². The molecule has 21 heavy (non-hydrogen) atoms. The maximum atomic E-state index is 12.3. The SMILES string of the molecule is COc1ccc(C2(O)C(=O)Nc3ccc(OC)cc32)cc1. The van der Waals surface area contributed by atoms with Crippen LogP contribution in [-0.4, -0.2) is 25.2 Å². The van der Waals surface area contributed by atoms with E-state index < -0.39 is 11.5 Å². The highest BCUT2D eigenvalue weighted by molar-refractivity contribution is 6.07. The van der Waals surface area contributed by atoms with Crippen LogP contribution in [-0.2, 0) is 10.4 Å². The van der Waals surface area contributed by atoms with Crippen LogP contribution >= 0.6 is 0 Å². The van der Waals surface area contributed by atoms with Crippen molar-refractivity contribution in [3.8, 4) is 11.5 Å². The lowest BCUT2D eigenvalue weighted by Gasteiger charge is -2.22. The van der Waals surface area contributed by atoms with Crippen LogP contribution in [0, 0.1) is 0 Å². The van der Waals surface area contributed by atoms with Crippen molar-refractivity contribution >= 4 is 11.6 Å². The minimum absolute atomic E-state index is 0.476. The van der Waals surface area contributed by atoms with Gasteiger partial charge in [-0.3, -0.25) is 4.79 Å². The fourth-order valence-corrected chi connectivity index (χ4v) is 2.51. The lowest BCUT2D eigenvalue weighted by molar-refractivity contribution is -0.129. The van der Waals surface area contributed by atoms with Gasteiger partial charge < -0.3 is 19.9 Å². The second-order valence-electron chi connectivity index (χ2n) is 4.80. The van der Waals surface area contributed by atoms with Gasteiger partial charge in [-0.05, 0) is 35.9 Å². The van der Waals surface area contributed by atoms with Gasteiger partial charge in [-0.15, -0.1) is 0 Å². The van der Waals surface area contributed by atoms with Crippen molar-refractivity contribution in [3.63, 3.8) is 0 Å². The molecule has 5 heteroatoms. The Bertz CT molecular complexity index is 696. The molecule has 108 valence electrons. The summed E-state index contributed by atoms with van der Waals surface area (Å²) in [4.78, 5) is 12.3. The van der Waals surface area contributed by atoms with Crippen molar-refractivity contribution in [2.75, 3.05) is 19.5 Å². The number of amides is 1. The number of hydrogen-bond donors (Lipinski definition) is 2. The van der Waals surface area contributed by atoms with E-state index in [0.717, 1.165) is 0 Å². The molecule has 2 aromatic rings. The van der Waals surface area contributed by atoms with E-state index >= 15 is 0 Å². The summed E-state index contributed by atoms with van der Waals surface area (Å²) in [5, 5.41) is 13.6. The van der Waals surface area contributed by atoms with Crippen LogP contribution < -0.4 is 14.8 Å². The van der Waals surface area contributed by atoms with E-state index in [-0.39, 0.29) is 0 Å². The first kappa shape index (κ1) is 13.5. The molecule has 2 N–H and O–H groups in total. The summed E-state index contributed by atoms with van der Waals surface area (Å²) in [6.07, 6.45) is 0. The molecule has 2 aromatic carbocycles. The van der Waals surface area contributed by atoms with Crippen LogP contribution in [0.5, 0.6) is 11.5 Å². The molecule has 0 saturated heterocycles. The van der Waals surface area contributed by atoms with Gasteiger partial charge in [0.1, 0.15) is 11.5 Å². The van der Waals surface area contributed by atoms with Gasteiger partial charge in [0, 0.05) is 11.3 Å². The number of fused-ring (bicyclic) bond motifs is 1. The average molecular weight is 285 g/mol. The summed E-state index contributed by atoms with van der Waals surface area (Å²) in [5.41, 5.74) is -0.181. The standard InChI is InChI=1S/C16H15NO4/c1-20-11-5-3-10(4-6-11)16(19)13-9-12(21-2)7-8-14(13)17-15(16)18/h3-9,19H,1-2H3,(H,17,18). The molecule has 0 aromatic heterocycles. The number of anilines is 1. The van der Waals surface area contributed by atoms with E-state index in [9.17, 15) is 9.90 Å². The van der Waals surface area contributed by atoms with Crippen molar-refractivity contribution in [3.05, 3.63) is 53.6 Å². The van der Waals surface area contributed by atoms with Crippen molar-refractivity contribution in [2.45, 2.75) is 5.60 Å². The first-order valence-corrected chi connectivity index (χ1v) is 6.46. The van der Waals surface area contributed by atoms with Gasteiger partial charge in [-0.1, -0.05) is 12.1 Å². The minimum Gasteiger partial charge on any atom is -0.497 e. The van der Waals surface area contributed by atoms with Gasteiger partial charge in [-0.25, -0.2) is 0 Å². The molecule has 0 aliphatic carbocycles. The summed E-state index contributed by atoms with van der Waals surface area (Å²) in [6, 6.07) is 11.9. The van der Waals surface area contributed by atoms with Crippen LogP contribution in [0.1, 0.15) is 11.1 Å². The first-order chi connectivity index (χ1) is 10.1. The Kier molecular flexibility index (Phi) is 3.07. The number of nitrogens with one attached hydrogen (secondary N) is 1. The number of benzene rings is 2. The maximum absolute atomic E-state index is 12.3. The highest BCUT2D eigenvalue weighted by Crippen LogP contribution is 2.42. The van der Waals surface area contributed by atoms with Crippen molar-refractivity contribution in [2.24, 2.45) is 0 Å². The number of carbonyl (C=O) groups is 1. The minimum atomic E-state index is -1.73. The Labute approximate surface area is 122 Å². The Morgan fingerprint density at radius 1 is 1.00 bits per heavy atom. The molecule has 1 atom stereocenters. The van der Waals surface area contributed by atoms with Gasteiger partial charge in [-0.2, -0.15) is 0 Å². The van der Waals surface area contributed by atoms with Crippen molar-refractivity contribution < 1.29 is 19.4 Å². The second-order valence-corrected chi connectivity index (χ2v) is 4.80. The summed E-state index contributed by atoms with van der Waals surface area (Å²) in [5.74, 6) is 0.764. The molecule has 1 unspecified atom stereocenters. The number of aliphatic hydroxyl groups is 1. The largest absolute Gasteiger partial charge is 0.497 e. The fourth-order valence-electron chi connectivity index (χ4n) is 2.51. The summed E-state index contributed by atoms with van der Waals surface area (Å²) >= 11 is 0. The molecule has 1 aliphatic heterocycles. The lowest BCUT2D eigenvalue weighted by atomic mass is 9.87. The number of methoxy groups -OCH3 is 2. The smallest absolute Gasteiger partial charge is 0.265 e. The van der Waals surface area contributed by atoms with Crippen LogP contribution in [0.15, 0.2) is 42.5 Å². The first-order valence-electron chi connectivity index (χ1n) is 6.46. The third-order valence-corrected chi connectivity index (χ3v) is 3.70. The zero-order chi connectivity index (χ0) is 15.0. The van der Waals surface area contributed by atoms with Crippen molar-refractivity contribution in [1.82, 2.24) is 0 Å². The fraction of sp³-hybridized carbons (Fsp3) is 0.188. The second kappa shape index (κ2) is 4.79. The van der Waals surface area contributed by atoms with Gasteiger partial charge in [0.15, 0.2) is 5.60 Å². The zero-order valence-electron chi connectivity index (χ0n) is 11.7. The Hall–Kier alpha value is -2.53. The molecule has 0 bridgehead atoms. The molecular formula is C16H15NO4. The molecule has 1 amide bonds. The lowest BCUT2D eigenvalue weighted by Crippen LogP contribution is -2.35. The molecule has 1 heterocycles. The van der Waals surface area contributed by atoms with Gasteiger partial charge >= 0.3 is 0 Å². The van der Waals surface area contributed by atoms with Gasteiger partial charge in [0.25, 0.3) is 5.91 Å². The van der Waals surface area contributed by atoms with Gasteiger partial charge in [0.05, 0.1) is 14.2 Å². The van der Waals surface area contributed by atoms with E-state index in [1.54, 1.807) is 56.7 Å². The molecule has 0 radical (unpaired) electrons. The average Bonchev–Trinajstić information content (AvgIpc) is 2.79. The number of carbonyl (C=O) groups excluding carboxylic acids is 1. The Balaban J connectivity index is 2.14. The predicted octanol–water partition coefficient (Wildman–Crippen LogP) is 1.89. The highest BCUT2D eigenvalue weighted by Gasteiger charge is 2.47. The van der Waals surface area contributed by atoms with E-state index in [2.05, 4.69) is 5.32 Å². The highest BCUT2D eigenvalue weighted by atomic mass is 16.5.